The molecular formula is C20H24N2O. The van der Waals surface area contributed by atoms with Gasteiger partial charge in [-0.25, -0.2) is 0 Å². The quantitative estimate of drug-likeness (QED) is 0.782. The average Bonchev–Trinajstić information content (AvgIpc) is 2.83. The summed E-state index contributed by atoms with van der Waals surface area (Å²) < 4.78 is 2.11. The Hall–Kier alpha value is -1.61. The number of allylic oxidation sites excluding steroid dienone is 2. The molecule has 0 aromatic carbocycles. The summed E-state index contributed by atoms with van der Waals surface area (Å²) in [5.41, 5.74) is 3.13. The monoisotopic (exact) mass is 308 g/mol. The number of pyridine rings is 1. The summed E-state index contributed by atoms with van der Waals surface area (Å²) in [4.78, 5) is 15.8. The van der Waals surface area contributed by atoms with Gasteiger partial charge < -0.3 is 9.47 Å². The van der Waals surface area contributed by atoms with Crippen LogP contribution in [0, 0.1) is 5.92 Å². The van der Waals surface area contributed by atoms with E-state index in [4.69, 9.17) is 0 Å². The van der Waals surface area contributed by atoms with Crippen molar-refractivity contribution in [2.75, 3.05) is 19.6 Å². The van der Waals surface area contributed by atoms with Gasteiger partial charge in [0.2, 0.25) is 0 Å². The first kappa shape index (κ1) is 13.8. The molecule has 120 valence electrons. The van der Waals surface area contributed by atoms with Crippen molar-refractivity contribution in [1.29, 1.82) is 0 Å². The molecule has 1 aromatic rings. The van der Waals surface area contributed by atoms with E-state index in [1.165, 1.54) is 48.7 Å². The number of aryl methyl sites for hydroxylation is 1. The Balaban J connectivity index is 1.75. The first-order valence-corrected chi connectivity index (χ1v) is 9.16. The van der Waals surface area contributed by atoms with Gasteiger partial charge in [-0.1, -0.05) is 17.7 Å². The molecule has 1 atom stereocenters. The standard InChI is InChI=1S/C20H24N2O/c23-20-17-7-2-1-4-15-5-3-6-16(19(15)17)12-22(20)18-13-21-10-8-14(18)9-11-21/h1-2,7,12,14,18H,3-6,8-11,13H2. The summed E-state index contributed by atoms with van der Waals surface area (Å²) in [5.74, 6) is 0.691. The van der Waals surface area contributed by atoms with E-state index in [2.05, 4.69) is 33.9 Å². The Morgan fingerprint density at radius 3 is 2.78 bits per heavy atom. The van der Waals surface area contributed by atoms with Crippen molar-refractivity contribution in [1.82, 2.24) is 9.47 Å². The molecule has 0 N–H and O–H groups in total. The predicted octanol–water partition coefficient (Wildman–Crippen LogP) is 1.34. The molecule has 3 nitrogen and oxygen atoms in total. The molecule has 2 aliphatic carbocycles. The Kier molecular flexibility index (Phi) is 3.12. The van der Waals surface area contributed by atoms with Gasteiger partial charge in [0.15, 0.2) is 0 Å². The summed E-state index contributed by atoms with van der Waals surface area (Å²) in [6.45, 7) is 3.51. The van der Waals surface area contributed by atoms with Crippen molar-refractivity contribution in [2.45, 2.75) is 44.6 Å². The van der Waals surface area contributed by atoms with Crippen LogP contribution in [-0.2, 0) is 6.42 Å². The van der Waals surface area contributed by atoms with Gasteiger partial charge in [0.25, 0.3) is 5.56 Å². The number of piperidine rings is 3. The zero-order chi connectivity index (χ0) is 15.4. The molecule has 6 rings (SSSR count). The number of hydrogen-bond acceptors (Lipinski definition) is 2. The summed E-state index contributed by atoms with van der Waals surface area (Å²) >= 11 is 0. The molecule has 1 aromatic heterocycles. The van der Waals surface area contributed by atoms with Crippen LogP contribution in [0.25, 0.3) is 11.6 Å². The van der Waals surface area contributed by atoms with Crippen LogP contribution >= 0.6 is 0 Å². The van der Waals surface area contributed by atoms with Crippen molar-refractivity contribution in [3.8, 4) is 0 Å². The number of hydrogen-bond donors (Lipinski definition) is 0. The third-order valence-corrected chi connectivity index (χ3v) is 6.37. The second-order valence-corrected chi connectivity index (χ2v) is 7.62. The van der Waals surface area contributed by atoms with Gasteiger partial charge >= 0.3 is 0 Å². The lowest BCUT2D eigenvalue weighted by Crippen LogP contribution is -2.54. The number of fused-ring (bicyclic) bond motifs is 3. The van der Waals surface area contributed by atoms with Crippen molar-refractivity contribution in [3.05, 3.63) is 44.7 Å². The number of nitrogens with zero attached hydrogens (tertiary/aromatic N) is 2. The Morgan fingerprint density at radius 1 is 1.13 bits per heavy atom. The summed E-state index contributed by atoms with van der Waals surface area (Å²) in [7, 11) is 0. The minimum atomic E-state index is 0.244. The first-order valence-electron chi connectivity index (χ1n) is 9.16. The predicted molar refractivity (Wildman–Crippen MR) is 92.7 cm³/mol. The minimum Gasteiger partial charge on any atom is -0.310 e. The van der Waals surface area contributed by atoms with E-state index in [0.717, 1.165) is 31.0 Å². The molecule has 3 saturated heterocycles. The minimum absolute atomic E-state index is 0.244. The van der Waals surface area contributed by atoms with Crippen LogP contribution in [0.5, 0.6) is 0 Å². The molecule has 0 radical (unpaired) electrons. The molecule has 0 spiro atoms. The van der Waals surface area contributed by atoms with E-state index >= 15 is 0 Å². The van der Waals surface area contributed by atoms with Crippen LogP contribution in [-0.4, -0.2) is 29.1 Å². The van der Waals surface area contributed by atoms with Crippen molar-refractivity contribution in [2.24, 2.45) is 5.92 Å². The second-order valence-electron chi connectivity index (χ2n) is 7.62. The van der Waals surface area contributed by atoms with E-state index in [-0.39, 0.29) is 5.56 Å². The maximum absolute atomic E-state index is 13.2. The number of rotatable bonds is 1. The molecular weight excluding hydrogens is 284 g/mol. The fourth-order valence-corrected chi connectivity index (χ4v) is 5.16. The highest BCUT2D eigenvalue weighted by Gasteiger charge is 2.35. The molecule has 23 heavy (non-hydrogen) atoms. The Morgan fingerprint density at radius 2 is 2.00 bits per heavy atom. The van der Waals surface area contributed by atoms with E-state index in [0.29, 0.717) is 12.0 Å². The molecule has 5 aliphatic rings. The summed E-state index contributed by atoms with van der Waals surface area (Å²) in [5, 5.41) is 2.26. The highest BCUT2D eigenvalue weighted by Crippen LogP contribution is 2.34. The summed E-state index contributed by atoms with van der Waals surface area (Å²) in [6, 6.07) is 0.387. The Labute approximate surface area is 136 Å². The van der Waals surface area contributed by atoms with Gasteiger partial charge in [-0.3, -0.25) is 4.79 Å². The van der Waals surface area contributed by atoms with Gasteiger partial charge in [-0.05, 0) is 74.4 Å². The van der Waals surface area contributed by atoms with E-state index < -0.39 is 0 Å². The van der Waals surface area contributed by atoms with Crippen LogP contribution in [0.3, 0.4) is 0 Å². The molecule has 0 saturated carbocycles. The second kappa shape index (κ2) is 5.20. The van der Waals surface area contributed by atoms with Crippen LogP contribution in [0.15, 0.2) is 23.1 Å². The van der Waals surface area contributed by atoms with Gasteiger partial charge in [0.1, 0.15) is 0 Å². The van der Waals surface area contributed by atoms with Crippen molar-refractivity contribution in [3.63, 3.8) is 0 Å². The highest BCUT2D eigenvalue weighted by atomic mass is 16.1. The fraction of sp³-hybridized carbons (Fsp3) is 0.550. The van der Waals surface area contributed by atoms with Crippen LogP contribution in [0.1, 0.15) is 43.7 Å². The highest BCUT2D eigenvalue weighted by molar-refractivity contribution is 5.56. The van der Waals surface area contributed by atoms with E-state index in [1.54, 1.807) is 0 Å². The van der Waals surface area contributed by atoms with Crippen molar-refractivity contribution < 1.29 is 0 Å². The normalized spacial score (nSPS) is 31.5. The number of aromatic nitrogens is 1. The largest absolute Gasteiger partial charge is 0.310 e. The van der Waals surface area contributed by atoms with E-state index in [1.807, 2.05) is 0 Å². The molecule has 3 fully saturated rings. The molecule has 3 heteroatoms. The third kappa shape index (κ3) is 2.09. The Bertz CT molecular complexity index is 853. The van der Waals surface area contributed by atoms with E-state index in [9.17, 15) is 4.79 Å². The SMILES string of the molecule is O=c1c2c3c(cn1C1CN4CCC1CC4)CCCC=3CC=CC=2. The van der Waals surface area contributed by atoms with Crippen molar-refractivity contribution >= 4 is 11.6 Å². The fourth-order valence-electron chi connectivity index (χ4n) is 5.16. The first-order chi connectivity index (χ1) is 11.3. The van der Waals surface area contributed by atoms with Crippen LogP contribution in [0.4, 0.5) is 0 Å². The lowest BCUT2D eigenvalue weighted by molar-refractivity contribution is 0.0551. The van der Waals surface area contributed by atoms with Crippen LogP contribution in [0.2, 0.25) is 0 Å². The lowest BCUT2D eigenvalue weighted by Gasteiger charge is -2.45. The molecule has 4 heterocycles. The van der Waals surface area contributed by atoms with Gasteiger partial charge in [-0.15, -0.1) is 0 Å². The third-order valence-electron chi connectivity index (χ3n) is 6.37. The van der Waals surface area contributed by atoms with Gasteiger partial charge in [-0.2, -0.15) is 0 Å². The topological polar surface area (TPSA) is 25.2 Å². The zero-order valence-corrected chi connectivity index (χ0v) is 13.6. The lowest BCUT2D eigenvalue weighted by atomic mass is 9.83. The zero-order valence-electron chi connectivity index (χ0n) is 13.6. The average molecular weight is 308 g/mol. The molecule has 0 amide bonds. The molecule has 2 bridgehead atoms. The van der Waals surface area contributed by atoms with Gasteiger partial charge in [0.05, 0.1) is 6.04 Å². The maximum atomic E-state index is 13.2. The maximum Gasteiger partial charge on any atom is 0.258 e. The summed E-state index contributed by atoms with van der Waals surface area (Å²) in [6.07, 6.45) is 15.6. The smallest absolute Gasteiger partial charge is 0.258 e. The molecule has 3 aliphatic heterocycles. The van der Waals surface area contributed by atoms with Crippen LogP contribution < -0.4 is 16.0 Å². The van der Waals surface area contributed by atoms with Gasteiger partial charge in [0, 0.05) is 18.0 Å². The molecule has 1 unspecified atom stereocenters.